The van der Waals surface area contributed by atoms with Crippen LogP contribution in [0, 0.1) is 0 Å². The zero-order valence-electron chi connectivity index (χ0n) is 18.7. The molecule has 10 nitrogen and oxygen atoms in total. The fourth-order valence-corrected chi connectivity index (χ4v) is 3.37. The van der Waals surface area contributed by atoms with E-state index in [0.29, 0.717) is 42.9 Å². The molecular weight excluding hydrogens is 428 g/mol. The monoisotopic (exact) mass is 456 g/mol. The summed E-state index contributed by atoms with van der Waals surface area (Å²) >= 11 is 0. The summed E-state index contributed by atoms with van der Waals surface area (Å²) in [5, 5.41) is 8.32. The van der Waals surface area contributed by atoms with Crippen molar-refractivity contribution in [2.75, 3.05) is 26.8 Å². The van der Waals surface area contributed by atoms with Gasteiger partial charge in [0.15, 0.2) is 0 Å². The van der Waals surface area contributed by atoms with Crippen LogP contribution >= 0.6 is 0 Å². The molecule has 1 aliphatic rings. The number of rotatable bonds is 3. The summed E-state index contributed by atoms with van der Waals surface area (Å²) in [5.74, 6) is -0.203. The van der Waals surface area contributed by atoms with Crippen molar-refractivity contribution in [1.29, 1.82) is 0 Å². The van der Waals surface area contributed by atoms with Gasteiger partial charge in [0.1, 0.15) is 24.1 Å². The molecule has 0 saturated heterocycles. The van der Waals surface area contributed by atoms with Crippen molar-refractivity contribution in [1.82, 2.24) is 20.5 Å². The zero-order valence-corrected chi connectivity index (χ0v) is 18.7. The molecule has 3 N–H and O–H groups in total. The van der Waals surface area contributed by atoms with Gasteiger partial charge in [-0.2, -0.15) is 0 Å². The summed E-state index contributed by atoms with van der Waals surface area (Å²) in [6, 6.07) is 6.90. The highest BCUT2D eigenvalue weighted by atomic mass is 16.5. The fraction of sp³-hybridized carbons (Fsp3) is 0.391. The predicted molar refractivity (Wildman–Crippen MR) is 121 cm³/mol. The SMILES string of the molecule is COc1ccc2c(c1)OCCNC(=O)[C@@H](NC(=O)c1ccn(C)c(=O)c1)CCCCNC2=O. The molecule has 3 rings (SSSR count). The summed E-state index contributed by atoms with van der Waals surface area (Å²) in [7, 11) is 3.11. The first-order chi connectivity index (χ1) is 15.9. The highest BCUT2D eigenvalue weighted by Crippen LogP contribution is 2.25. The maximum absolute atomic E-state index is 12.7. The summed E-state index contributed by atoms with van der Waals surface area (Å²) < 4.78 is 12.3. The third-order valence-electron chi connectivity index (χ3n) is 5.29. The first-order valence-electron chi connectivity index (χ1n) is 10.7. The molecule has 0 radical (unpaired) electrons. The number of amides is 3. The number of nitrogens with zero attached hydrogens (tertiary/aromatic N) is 1. The molecule has 1 aromatic carbocycles. The molecule has 0 spiro atoms. The molecule has 2 aromatic rings. The first kappa shape index (κ1) is 23.8. The van der Waals surface area contributed by atoms with Gasteiger partial charge in [-0.15, -0.1) is 0 Å². The molecule has 0 saturated carbocycles. The van der Waals surface area contributed by atoms with Crippen molar-refractivity contribution in [3.8, 4) is 11.5 Å². The van der Waals surface area contributed by atoms with E-state index in [9.17, 15) is 19.2 Å². The molecule has 10 heteroatoms. The lowest BCUT2D eigenvalue weighted by atomic mass is 10.1. The van der Waals surface area contributed by atoms with Crippen molar-refractivity contribution in [3.63, 3.8) is 0 Å². The lowest BCUT2D eigenvalue weighted by Gasteiger charge is -2.20. The number of carbonyl (C=O) groups excluding carboxylic acids is 3. The van der Waals surface area contributed by atoms with Gasteiger partial charge >= 0.3 is 0 Å². The smallest absolute Gasteiger partial charge is 0.255 e. The second-order valence-electron chi connectivity index (χ2n) is 7.64. The van der Waals surface area contributed by atoms with Crippen LogP contribution < -0.4 is 31.0 Å². The van der Waals surface area contributed by atoms with Crippen LogP contribution in [0.3, 0.4) is 0 Å². The third kappa shape index (κ3) is 6.34. The Morgan fingerprint density at radius 3 is 2.70 bits per heavy atom. The van der Waals surface area contributed by atoms with E-state index in [0.717, 1.165) is 0 Å². The highest BCUT2D eigenvalue weighted by Gasteiger charge is 2.22. The molecule has 33 heavy (non-hydrogen) atoms. The van der Waals surface area contributed by atoms with Crippen LogP contribution in [0.25, 0.3) is 0 Å². The number of pyridine rings is 1. The molecule has 1 aliphatic heterocycles. The second kappa shape index (κ2) is 11.2. The zero-order chi connectivity index (χ0) is 23.8. The minimum atomic E-state index is -0.785. The maximum atomic E-state index is 12.7. The number of nitrogens with one attached hydrogen (secondary N) is 3. The number of hydrogen-bond acceptors (Lipinski definition) is 6. The molecule has 0 unspecified atom stereocenters. The topological polar surface area (TPSA) is 128 Å². The Balaban J connectivity index is 1.70. The number of hydrogen-bond donors (Lipinski definition) is 3. The van der Waals surface area contributed by atoms with E-state index in [1.807, 2.05) is 0 Å². The molecule has 2 heterocycles. The van der Waals surface area contributed by atoms with Gasteiger partial charge in [-0.1, -0.05) is 0 Å². The van der Waals surface area contributed by atoms with Crippen LogP contribution in [-0.2, 0) is 11.8 Å². The summed E-state index contributed by atoms with van der Waals surface area (Å²) in [6.07, 6.45) is 3.09. The number of aryl methyl sites for hydroxylation is 1. The van der Waals surface area contributed by atoms with E-state index >= 15 is 0 Å². The van der Waals surface area contributed by atoms with Crippen LogP contribution in [0.1, 0.15) is 40.0 Å². The first-order valence-corrected chi connectivity index (χ1v) is 10.7. The minimum Gasteiger partial charge on any atom is -0.497 e. The largest absolute Gasteiger partial charge is 0.497 e. The number of benzene rings is 1. The third-order valence-corrected chi connectivity index (χ3v) is 5.29. The van der Waals surface area contributed by atoms with Gasteiger partial charge < -0.3 is 30.0 Å². The Morgan fingerprint density at radius 2 is 1.94 bits per heavy atom. The molecule has 3 amide bonds. The number of methoxy groups -OCH3 is 1. The minimum absolute atomic E-state index is 0.120. The van der Waals surface area contributed by atoms with E-state index in [4.69, 9.17) is 9.47 Å². The predicted octanol–water partition coefficient (Wildman–Crippen LogP) is 0.601. The highest BCUT2D eigenvalue weighted by molar-refractivity contribution is 5.98. The summed E-state index contributed by atoms with van der Waals surface area (Å²) in [4.78, 5) is 49.7. The fourth-order valence-electron chi connectivity index (χ4n) is 3.37. The Bertz CT molecular complexity index is 1080. The van der Waals surface area contributed by atoms with Gasteiger partial charge in [0.05, 0.1) is 19.2 Å². The summed E-state index contributed by atoms with van der Waals surface area (Å²) in [6.45, 7) is 0.700. The van der Waals surface area contributed by atoms with Gasteiger partial charge in [-0.25, -0.2) is 0 Å². The van der Waals surface area contributed by atoms with Crippen molar-refractivity contribution in [2.24, 2.45) is 7.05 Å². The van der Waals surface area contributed by atoms with Gasteiger partial charge in [0.2, 0.25) is 5.91 Å². The molecular formula is C23H28N4O6. The normalized spacial score (nSPS) is 17.5. The van der Waals surface area contributed by atoms with E-state index in [-0.39, 0.29) is 36.1 Å². The van der Waals surface area contributed by atoms with Crippen molar-refractivity contribution >= 4 is 17.7 Å². The molecule has 1 atom stereocenters. The summed E-state index contributed by atoms with van der Waals surface area (Å²) in [5.41, 5.74) is 0.257. The Morgan fingerprint density at radius 1 is 1.12 bits per heavy atom. The molecule has 0 fully saturated rings. The quantitative estimate of drug-likeness (QED) is 0.621. The number of carbonyl (C=O) groups is 3. The number of aromatic nitrogens is 1. The Kier molecular flexibility index (Phi) is 8.06. The second-order valence-corrected chi connectivity index (χ2v) is 7.64. The van der Waals surface area contributed by atoms with E-state index in [1.54, 1.807) is 25.2 Å². The van der Waals surface area contributed by atoms with E-state index in [2.05, 4.69) is 16.0 Å². The molecule has 176 valence electrons. The van der Waals surface area contributed by atoms with Crippen molar-refractivity contribution in [3.05, 3.63) is 58.0 Å². The van der Waals surface area contributed by atoms with Crippen LogP contribution in [-0.4, -0.2) is 55.1 Å². The van der Waals surface area contributed by atoms with Crippen LogP contribution in [0.2, 0.25) is 0 Å². The van der Waals surface area contributed by atoms with Gasteiger partial charge in [0, 0.05) is 37.5 Å². The Labute approximate surface area is 191 Å². The molecule has 1 aromatic heterocycles. The molecule has 0 bridgehead atoms. The van der Waals surface area contributed by atoms with Gasteiger partial charge in [0.25, 0.3) is 17.4 Å². The van der Waals surface area contributed by atoms with E-state index < -0.39 is 11.9 Å². The standard InChI is InChI=1S/C23H28N4O6/c1-27-11-8-15(13-20(27)28)21(29)26-18-5-3-4-9-24-22(30)17-7-6-16(32-2)14-19(17)33-12-10-25-23(18)31/h6-8,11,13-14,18H,3-5,9-10,12H2,1-2H3,(H,24,30)(H,25,31)(H,26,29)/t18-/m0/s1. The van der Waals surface area contributed by atoms with Gasteiger partial charge in [-0.3, -0.25) is 19.2 Å². The average molecular weight is 456 g/mol. The van der Waals surface area contributed by atoms with Crippen molar-refractivity contribution < 1.29 is 23.9 Å². The lowest BCUT2D eigenvalue weighted by Crippen LogP contribution is -2.47. The van der Waals surface area contributed by atoms with Crippen LogP contribution in [0.5, 0.6) is 11.5 Å². The van der Waals surface area contributed by atoms with Crippen LogP contribution in [0.4, 0.5) is 0 Å². The molecule has 0 aliphatic carbocycles. The Hall–Kier alpha value is -3.82. The lowest BCUT2D eigenvalue weighted by molar-refractivity contribution is -0.123. The van der Waals surface area contributed by atoms with Crippen LogP contribution in [0.15, 0.2) is 41.3 Å². The number of fused-ring (bicyclic) bond motifs is 1. The van der Waals surface area contributed by atoms with Gasteiger partial charge in [-0.05, 0) is 37.5 Å². The number of ether oxygens (including phenoxy) is 2. The maximum Gasteiger partial charge on any atom is 0.255 e. The van der Waals surface area contributed by atoms with Crippen molar-refractivity contribution in [2.45, 2.75) is 25.3 Å². The average Bonchev–Trinajstić information content (AvgIpc) is 2.81. The van der Waals surface area contributed by atoms with E-state index in [1.165, 1.54) is 30.0 Å².